The molecule has 0 aliphatic heterocycles. The molecule has 0 aliphatic carbocycles. The van der Waals surface area contributed by atoms with E-state index in [4.69, 9.17) is 4.74 Å². The van der Waals surface area contributed by atoms with Crippen LogP contribution in [-0.4, -0.2) is 34.0 Å². The van der Waals surface area contributed by atoms with Gasteiger partial charge in [-0.1, -0.05) is 43.7 Å². The van der Waals surface area contributed by atoms with Crippen molar-refractivity contribution < 1.29 is 17.9 Å². The molecule has 0 aromatic heterocycles. The Balaban J connectivity index is 2.40. The van der Waals surface area contributed by atoms with Crippen molar-refractivity contribution in [1.29, 1.82) is 0 Å². The minimum Gasteiger partial charge on any atom is -0.492 e. The Bertz CT molecular complexity index is 909. The van der Waals surface area contributed by atoms with Gasteiger partial charge in [0.1, 0.15) is 12.3 Å². The number of hydrogen-bond donors (Lipinski definition) is 1. The van der Waals surface area contributed by atoms with E-state index in [-0.39, 0.29) is 17.3 Å². The summed E-state index contributed by atoms with van der Waals surface area (Å²) in [5.41, 5.74) is 1.30. The monoisotopic (exact) mass is 418 g/mol. The highest BCUT2D eigenvalue weighted by Gasteiger charge is 2.29. The maximum atomic E-state index is 13.4. The maximum Gasteiger partial charge on any atom is 0.264 e. The van der Waals surface area contributed by atoms with Crippen molar-refractivity contribution in [2.45, 2.75) is 39.0 Å². The molecule has 7 heteroatoms. The average molecular weight is 419 g/mol. The number of nitrogens with one attached hydrogen (secondary N) is 1. The first-order chi connectivity index (χ1) is 13.8. The Kier molecular flexibility index (Phi) is 8.08. The van der Waals surface area contributed by atoms with Crippen LogP contribution in [-0.2, 0) is 14.8 Å². The van der Waals surface area contributed by atoms with Crippen LogP contribution in [0.2, 0.25) is 0 Å². The molecule has 1 N–H and O–H groups in total. The second kappa shape index (κ2) is 10.3. The molecular weight excluding hydrogens is 388 g/mol. The van der Waals surface area contributed by atoms with E-state index < -0.39 is 10.0 Å². The summed E-state index contributed by atoms with van der Waals surface area (Å²) in [4.78, 5) is 12.7. The van der Waals surface area contributed by atoms with E-state index in [9.17, 15) is 13.2 Å². The zero-order chi connectivity index (χ0) is 21.4. The van der Waals surface area contributed by atoms with E-state index in [1.165, 1.54) is 0 Å². The predicted molar refractivity (Wildman–Crippen MR) is 116 cm³/mol. The van der Waals surface area contributed by atoms with Gasteiger partial charge in [-0.15, -0.1) is 0 Å². The standard InChI is InChI=1S/C22H30N2O4S/c1-5-28-21-9-7-6-8-20(21)24(16-22(25)23-15-14-17(2)3)29(26,27)19-12-10-18(4)11-13-19/h6-13,17H,5,14-16H2,1-4H3,(H,23,25). The number of ether oxygens (including phenoxy) is 1. The molecule has 2 aromatic rings. The molecule has 0 atom stereocenters. The predicted octanol–water partition coefficient (Wildman–Crippen LogP) is 3.75. The Morgan fingerprint density at radius 3 is 2.38 bits per heavy atom. The van der Waals surface area contributed by atoms with E-state index in [1.54, 1.807) is 48.5 Å². The number of anilines is 1. The maximum absolute atomic E-state index is 13.4. The Morgan fingerprint density at radius 2 is 1.76 bits per heavy atom. The van der Waals surface area contributed by atoms with Gasteiger partial charge in [-0.05, 0) is 50.5 Å². The lowest BCUT2D eigenvalue weighted by atomic mass is 10.1. The third-order valence-corrected chi connectivity index (χ3v) is 6.15. The van der Waals surface area contributed by atoms with Gasteiger partial charge < -0.3 is 10.1 Å². The second-order valence-electron chi connectivity index (χ2n) is 7.26. The van der Waals surface area contributed by atoms with Crippen molar-refractivity contribution in [3.63, 3.8) is 0 Å². The van der Waals surface area contributed by atoms with Crippen molar-refractivity contribution in [3.8, 4) is 5.75 Å². The van der Waals surface area contributed by atoms with Crippen LogP contribution >= 0.6 is 0 Å². The van der Waals surface area contributed by atoms with Crippen molar-refractivity contribution >= 4 is 21.6 Å². The lowest BCUT2D eigenvalue weighted by Crippen LogP contribution is -2.41. The van der Waals surface area contributed by atoms with Gasteiger partial charge in [-0.3, -0.25) is 9.10 Å². The minimum atomic E-state index is -3.96. The highest BCUT2D eigenvalue weighted by Crippen LogP contribution is 2.32. The molecule has 0 fully saturated rings. The van der Waals surface area contributed by atoms with Gasteiger partial charge in [0.2, 0.25) is 5.91 Å². The summed E-state index contributed by atoms with van der Waals surface area (Å²) in [7, 11) is -3.96. The van der Waals surface area contributed by atoms with Gasteiger partial charge in [-0.25, -0.2) is 8.42 Å². The molecule has 2 rings (SSSR count). The van der Waals surface area contributed by atoms with Gasteiger partial charge in [0, 0.05) is 6.54 Å². The van der Waals surface area contributed by atoms with Crippen molar-refractivity contribution in [1.82, 2.24) is 5.32 Å². The molecular formula is C22H30N2O4S. The molecule has 0 heterocycles. The SMILES string of the molecule is CCOc1ccccc1N(CC(=O)NCCC(C)C)S(=O)(=O)c1ccc(C)cc1. The van der Waals surface area contributed by atoms with Crippen molar-refractivity contribution in [2.24, 2.45) is 5.92 Å². The zero-order valence-electron chi connectivity index (χ0n) is 17.5. The number of para-hydroxylation sites is 2. The molecule has 0 spiro atoms. The third-order valence-electron chi connectivity index (χ3n) is 4.37. The Labute approximate surface area is 173 Å². The molecule has 0 bridgehead atoms. The smallest absolute Gasteiger partial charge is 0.264 e. The van der Waals surface area contributed by atoms with Crippen LogP contribution in [0.4, 0.5) is 5.69 Å². The topological polar surface area (TPSA) is 75.7 Å². The number of sulfonamides is 1. The van der Waals surface area contributed by atoms with Crippen LogP contribution in [0.15, 0.2) is 53.4 Å². The summed E-state index contributed by atoms with van der Waals surface area (Å²) < 4.78 is 33.6. The number of carbonyl (C=O) groups is 1. The van der Waals surface area contributed by atoms with Gasteiger partial charge >= 0.3 is 0 Å². The highest BCUT2D eigenvalue weighted by molar-refractivity contribution is 7.92. The number of amides is 1. The fourth-order valence-corrected chi connectivity index (χ4v) is 4.20. The molecule has 1 amide bonds. The van der Waals surface area contributed by atoms with Gasteiger partial charge in [0.05, 0.1) is 17.2 Å². The number of aryl methyl sites for hydroxylation is 1. The summed E-state index contributed by atoms with van der Waals surface area (Å²) in [6.45, 7) is 8.42. The number of nitrogens with zero attached hydrogens (tertiary/aromatic N) is 1. The molecule has 0 saturated heterocycles. The fourth-order valence-electron chi connectivity index (χ4n) is 2.76. The molecule has 0 radical (unpaired) electrons. The first-order valence-corrected chi connectivity index (χ1v) is 11.3. The molecule has 6 nitrogen and oxygen atoms in total. The van der Waals surface area contributed by atoms with Crippen LogP contribution in [0.1, 0.15) is 32.8 Å². The van der Waals surface area contributed by atoms with Crippen molar-refractivity contribution in [2.75, 3.05) is 24.0 Å². The van der Waals surface area contributed by atoms with Crippen LogP contribution in [0.25, 0.3) is 0 Å². The summed E-state index contributed by atoms with van der Waals surface area (Å²) in [6, 6.07) is 13.4. The van der Waals surface area contributed by atoms with E-state index in [1.807, 2.05) is 13.8 Å². The lowest BCUT2D eigenvalue weighted by Gasteiger charge is -2.26. The number of carbonyl (C=O) groups excluding carboxylic acids is 1. The molecule has 0 aliphatic rings. The summed E-state index contributed by atoms with van der Waals surface area (Å²) >= 11 is 0. The summed E-state index contributed by atoms with van der Waals surface area (Å²) in [5, 5.41) is 2.81. The van der Waals surface area contributed by atoms with E-state index >= 15 is 0 Å². The Morgan fingerprint density at radius 1 is 1.10 bits per heavy atom. The molecule has 0 unspecified atom stereocenters. The molecule has 158 valence electrons. The first kappa shape index (κ1) is 22.7. The van der Waals surface area contributed by atoms with Crippen LogP contribution in [0.3, 0.4) is 0 Å². The average Bonchev–Trinajstić information content (AvgIpc) is 2.67. The zero-order valence-corrected chi connectivity index (χ0v) is 18.3. The van der Waals surface area contributed by atoms with Gasteiger partial charge in [0.15, 0.2) is 0 Å². The van der Waals surface area contributed by atoms with Gasteiger partial charge in [-0.2, -0.15) is 0 Å². The molecule has 2 aromatic carbocycles. The van der Waals surface area contributed by atoms with Crippen LogP contribution in [0.5, 0.6) is 5.75 Å². The second-order valence-corrected chi connectivity index (χ2v) is 9.12. The molecule has 0 saturated carbocycles. The van der Waals surface area contributed by atoms with E-state index in [2.05, 4.69) is 19.2 Å². The minimum absolute atomic E-state index is 0.129. The fraction of sp³-hybridized carbons (Fsp3) is 0.409. The normalized spacial score (nSPS) is 11.3. The van der Waals surface area contributed by atoms with Crippen LogP contribution in [0, 0.1) is 12.8 Å². The van der Waals surface area contributed by atoms with E-state index in [0.29, 0.717) is 30.5 Å². The Hall–Kier alpha value is -2.54. The third kappa shape index (κ3) is 6.22. The number of hydrogen-bond acceptors (Lipinski definition) is 4. The highest BCUT2D eigenvalue weighted by atomic mass is 32.2. The summed E-state index contributed by atoms with van der Waals surface area (Å²) in [6.07, 6.45) is 0.825. The lowest BCUT2D eigenvalue weighted by molar-refractivity contribution is -0.119. The molecule has 29 heavy (non-hydrogen) atoms. The van der Waals surface area contributed by atoms with Crippen molar-refractivity contribution in [3.05, 3.63) is 54.1 Å². The number of benzene rings is 2. The number of rotatable bonds is 10. The summed E-state index contributed by atoms with van der Waals surface area (Å²) in [5.74, 6) is 0.509. The van der Waals surface area contributed by atoms with Gasteiger partial charge in [0.25, 0.3) is 10.0 Å². The largest absolute Gasteiger partial charge is 0.492 e. The first-order valence-electron chi connectivity index (χ1n) is 9.83. The quantitative estimate of drug-likeness (QED) is 0.638. The van der Waals surface area contributed by atoms with E-state index in [0.717, 1.165) is 16.3 Å². The van der Waals surface area contributed by atoms with Crippen LogP contribution < -0.4 is 14.4 Å².